The van der Waals surface area contributed by atoms with Crippen LogP contribution in [0.15, 0.2) is 53.4 Å². The highest BCUT2D eigenvalue weighted by Gasteiger charge is 2.28. The number of hydrogen-bond donors (Lipinski definition) is 1. The fourth-order valence-electron chi connectivity index (χ4n) is 3.78. The van der Waals surface area contributed by atoms with E-state index in [2.05, 4.69) is 10.4 Å². The van der Waals surface area contributed by atoms with E-state index >= 15 is 0 Å². The number of carbonyl (C=O) groups excluding carboxylic acids is 1. The Hall–Kier alpha value is -3.01. The second kappa shape index (κ2) is 8.85. The van der Waals surface area contributed by atoms with Crippen molar-refractivity contribution in [3.05, 3.63) is 71.0 Å². The Kier molecular flexibility index (Phi) is 6.14. The van der Waals surface area contributed by atoms with Crippen LogP contribution in [-0.2, 0) is 14.8 Å². The average Bonchev–Trinajstić information content (AvgIpc) is 3.12. The fraction of sp³-hybridized carbons (Fsp3) is 0.304. The highest BCUT2D eigenvalue weighted by molar-refractivity contribution is 7.89. The summed E-state index contributed by atoms with van der Waals surface area (Å²) in [5.74, 6) is -0.391. The van der Waals surface area contributed by atoms with Gasteiger partial charge >= 0.3 is 0 Å². The third-order valence-electron chi connectivity index (χ3n) is 5.43. The minimum Gasteiger partial charge on any atom is -0.379 e. The first-order valence-electron chi connectivity index (χ1n) is 10.4. The number of nitrogens with zero attached hydrogens (tertiary/aromatic N) is 3. The summed E-state index contributed by atoms with van der Waals surface area (Å²) in [4.78, 5) is 13.2. The SMILES string of the molecule is Cc1cc(C)n(-c2ccccc2NC(=O)c2ccc(C)c(S(=O)(=O)N3CCOCC3)c2)n1. The van der Waals surface area contributed by atoms with E-state index < -0.39 is 15.9 Å². The molecule has 0 saturated carbocycles. The van der Waals surface area contributed by atoms with Crippen LogP contribution in [0.1, 0.15) is 27.3 Å². The number of morpholine rings is 1. The first-order valence-corrected chi connectivity index (χ1v) is 11.8. The number of aromatic nitrogens is 2. The van der Waals surface area contributed by atoms with Crippen molar-refractivity contribution in [2.75, 3.05) is 31.6 Å². The molecule has 1 aliphatic rings. The Morgan fingerprint density at radius 3 is 2.44 bits per heavy atom. The van der Waals surface area contributed by atoms with Gasteiger partial charge in [0.15, 0.2) is 0 Å². The molecule has 1 aliphatic heterocycles. The van der Waals surface area contributed by atoms with Crippen molar-refractivity contribution in [1.82, 2.24) is 14.1 Å². The van der Waals surface area contributed by atoms with Crippen molar-refractivity contribution in [3.63, 3.8) is 0 Å². The van der Waals surface area contributed by atoms with Gasteiger partial charge in [0.2, 0.25) is 10.0 Å². The third-order valence-corrected chi connectivity index (χ3v) is 7.47. The lowest BCUT2D eigenvalue weighted by Crippen LogP contribution is -2.40. The van der Waals surface area contributed by atoms with Gasteiger partial charge in [0.05, 0.1) is 35.2 Å². The summed E-state index contributed by atoms with van der Waals surface area (Å²) < 4.78 is 34.7. The molecule has 0 atom stereocenters. The summed E-state index contributed by atoms with van der Waals surface area (Å²) >= 11 is 0. The molecule has 8 nitrogen and oxygen atoms in total. The Balaban J connectivity index is 1.65. The number of benzene rings is 2. The minimum atomic E-state index is -3.72. The molecular weight excluding hydrogens is 428 g/mol. The highest BCUT2D eigenvalue weighted by atomic mass is 32.2. The van der Waals surface area contributed by atoms with Gasteiger partial charge in [-0.15, -0.1) is 0 Å². The van der Waals surface area contributed by atoms with Crippen LogP contribution in [0.3, 0.4) is 0 Å². The minimum absolute atomic E-state index is 0.138. The van der Waals surface area contributed by atoms with Crippen molar-refractivity contribution in [3.8, 4) is 5.69 Å². The molecule has 0 spiro atoms. The van der Waals surface area contributed by atoms with Gasteiger partial charge in [-0.1, -0.05) is 18.2 Å². The summed E-state index contributed by atoms with van der Waals surface area (Å²) in [5.41, 5.74) is 4.00. The maximum atomic E-state index is 13.1. The predicted octanol–water partition coefficient (Wildman–Crippen LogP) is 3.07. The molecule has 1 saturated heterocycles. The quantitative estimate of drug-likeness (QED) is 0.640. The van der Waals surface area contributed by atoms with Crippen LogP contribution in [0, 0.1) is 20.8 Å². The molecule has 1 aromatic heterocycles. The lowest BCUT2D eigenvalue weighted by atomic mass is 10.1. The molecule has 0 bridgehead atoms. The van der Waals surface area contributed by atoms with Crippen LogP contribution in [0.4, 0.5) is 5.69 Å². The largest absolute Gasteiger partial charge is 0.379 e. The molecule has 168 valence electrons. The van der Waals surface area contributed by atoms with Gasteiger partial charge in [-0.3, -0.25) is 4.79 Å². The normalized spacial score (nSPS) is 15.0. The number of carbonyl (C=O) groups is 1. The molecular formula is C23H26N4O4S. The summed E-state index contributed by atoms with van der Waals surface area (Å²) in [6.45, 7) is 6.91. The number of sulfonamides is 1. The van der Waals surface area contributed by atoms with E-state index in [-0.39, 0.29) is 10.5 Å². The Labute approximate surface area is 187 Å². The summed E-state index contributed by atoms with van der Waals surface area (Å²) in [7, 11) is -3.72. The number of para-hydroxylation sites is 2. The maximum absolute atomic E-state index is 13.1. The summed E-state index contributed by atoms with van der Waals surface area (Å²) in [5, 5.41) is 7.41. The lowest BCUT2D eigenvalue weighted by molar-refractivity contribution is 0.0730. The molecule has 2 heterocycles. The number of hydrogen-bond acceptors (Lipinski definition) is 5. The predicted molar refractivity (Wildman–Crippen MR) is 122 cm³/mol. The zero-order valence-electron chi connectivity index (χ0n) is 18.3. The van der Waals surface area contributed by atoms with E-state index in [9.17, 15) is 13.2 Å². The standard InChI is InChI=1S/C23H26N4O4S/c1-16-8-9-19(15-22(16)32(29,30)26-10-12-31-13-11-26)23(28)24-20-6-4-5-7-21(20)27-18(3)14-17(2)25-27/h4-9,14-15H,10-13H2,1-3H3,(H,24,28). The second-order valence-corrected chi connectivity index (χ2v) is 9.71. The molecule has 0 unspecified atom stereocenters. The maximum Gasteiger partial charge on any atom is 0.255 e. The van der Waals surface area contributed by atoms with Crippen LogP contribution in [0.2, 0.25) is 0 Å². The number of amides is 1. The van der Waals surface area contributed by atoms with Crippen molar-refractivity contribution in [2.24, 2.45) is 0 Å². The molecule has 9 heteroatoms. The molecule has 0 radical (unpaired) electrons. The molecule has 0 aliphatic carbocycles. The molecule has 3 aromatic rings. The van der Waals surface area contributed by atoms with E-state index in [1.807, 2.05) is 38.1 Å². The topological polar surface area (TPSA) is 93.5 Å². The molecule has 32 heavy (non-hydrogen) atoms. The van der Waals surface area contributed by atoms with Crippen molar-refractivity contribution in [2.45, 2.75) is 25.7 Å². The van der Waals surface area contributed by atoms with E-state index in [0.717, 1.165) is 17.1 Å². The van der Waals surface area contributed by atoms with E-state index in [1.165, 1.54) is 10.4 Å². The van der Waals surface area contributed by atoms with Gasteiger partial charge in [0.1, 0.15) is 0 Å². The zero-order chi connectivity index (χ0) is 22.9. The number of aryl methyl sites for hydroxylation is 3. The summed E-state index contributed by atoms with van der Waals surface area (Å²) in [6.07, 6.45) is 0. The molecule has 1 amide bonds. The van der Waals surface area contributed by atoms with Crippen LogP contribution in [0.25, 0.3) is 5.69 Å². The Morgan fingerprint density at radius 2 is 1.75 bits per heavy atom. The summed E-state index contributed by atoms with van der Waals surface area (Å²) in [6, 6.07) is 14.1. The van der Waals surface area contributed by atoms with Crippen LogP contribution in [-0.4, -0.2) is 54.7 Å². The number of rotatable bonds is 5. The van der Waals surface area contributed by atoms with E-state index in [1.54, 1.807) is 29.8 Å². The second-order valence-electron chi connectivity index (χ2n) is 7.81. The average molecular weight is 455 g/mol. The molecule has 2 aromatic carbocycles. The first kappa shape index (κ1) is 22.2. The van der Waals surface area contributed by atoms with Crippen molar-refractivity contribution < 1.29 is 17.9 Å². The Morgan fingerprint density at radius 1 is 1.03 bits per heavy atom. The number of nitrogens with one attached hydrogen (secondary N) is 1. The molecule has 1 N–H and O–H groups in total. The third kappa shape index (κ3) is 4.32. The van der Waals surface area contributed by atoms with E-state index in [0.29, 0.717) is 37.6 Å². The molecule has 4 rings (SSSR count). The van der Waals surface area contributed by atoms with Gasteiger partial charge < -0.3 is 10.1 Å². The molecule has 1 fully saturated rings. The zero-order valence-corrected chi connectivity index (χ0v) is 19.1. The van der Waals surface area contributed by atoms with Crippen LogP contribution in [0.5, 0.6) is 0 Å². The fourth-order valence-corrected chi connectivity index (χ4v) is 5.44. The Bertz CT molecular complexity index is 1260. The van der Waals surface area contributed by atoms with Crippen molar-refractivity contribution >= 4 is 21.6 Å². The number of ether oxygens (including phenoxy) is 1. The lowest BCUT2D eigenvalue weighted by Gasteiger charge is -2.26. The highest BCUT2D eigenvalue weighted by Crippen LogP contribution is 2.25. The van der Waals surface area contributed by atoms with E-state index in [4.69, 9.17) is 4.74 Å². The smallest absolute Gasteiger partial charge is 0.255 e. The van der Waals surface area contributed by atoms with Gasteiger partial charge in [0.25, 0.3) is 5.91 Å². The van der Waals surface area contributed by atoms with Crippen molar-refractivity contribution in [1.29, 1.82) is 0 Å². The van der Waals surface area contributed by atoms with Crippen LogP contribution < -0.4 is 5.32 Å². The van der Waals surface area contributed by atoms with Gasteiger partial charge in [-0.25, -0.2) is 13.1 Å². The van der Waals surface area contributed by atoms with Gasteiger partial charge in [0, 0.05) is 24.3 Å². The monoisotopic (exact) mass is 454 g/mol. The number of anilines is 1. The van der Waals surface area contributed by atoms with Crippen LogP contribution >= 0.6 is 0 Å². The van der Waals surface area contributed by atoms with Gasteiger partial charge in [-0.05, 0) is 56.7 Å². The van der Waals surface area contributed by atoms with Gasteiger partial charge in [-0.2, -0.15) is 9.40 Å². The first-order chi connectivity index (χ1) is 15.3.